The molecule has 22 nitrogen and oxygen atoms in total. The van der Waals surface area contributed by atoms with Crippen molar-refractivity contribution in [1.82, 2.24) is 20.1 Å². The molecule has 3 heterocycles. The van der Waals surface area contributed by atoms with E-state index < -0.39 is 20.7 Å². The summed E-state index contributed by atoms with van der Waals surface area (Å²) in [6.07, 6.45) is 1.95. The molecule has 6 rings (SSSR count). The molecule has 1 fully saturated rings. The number of aryl methyl sites for hydroxylation is 1. The number of piperazine rings is 1. The van der Waals surface area contributed by atoms with E-state index in [1.807, 2.05) is 60.4 Å². The summed E-state index contributed by atoms with van der Waals surface area (Å²) in [7, 11) is -2.74. The molecule has 1 N–H and O–H groups in total. The number of pyridine rings is 1. The zero-order valence-electron chi connectivity index (χ0n) is 46.6. The van der Waals surface area contributed by atoms with Crippen molar-refractivity contribution in [3.8, 4) is 33.8 Å². The van der Waals surface area contributed by atoms with Gasteiger partial charge in [0.15, 0.2) is 0 Å². The van der Waals surface area contributed by atoms with Crippen molar-refractivity contribution < 1.29 is 79.2 Å². The molecule has 0 radical (unpaired) electrons. The Kier molecular flexibility index (Phi) is 31.2. The number of rotatable bonds is 44. The third kappa shape index (κ3) is 24.6. The predicted octanol–water partition coefficient (Wildman–Crippen LogP) is 6.83. The Hall–Kier alpha value is -5.07. The molecule has 82 heavy (non-hydrogen) atoms. The average Bonchev–Trinajstić information content (AvgIpc) is 4.05. The van der Waals surface area contributed by atoms with Crippen molar-refractivity contribution in [2.45, 2.75) is 18.2 Å². The number of anilines is 2. The number of hydrogen-bond donors (Lipinski definition) is 1. The number of benzene rings is 3. The molecule has 1 saturated heterocycles. The summed E-state index contributed by atoms with van der Waals surface area (Å²) in [5.41, 5.74) is 5.74. The minimum atomic E-state index is -4.38. The minimum Gasteiger partial charge on any atom is -0.455 e. The average molecular weight is 1210 g/mol. The first-order valence-corrected chi connectivity index (χ1v) is 29.9. The lowest BCUT2D eigenvalue weighted by Crippen LogP contribution is -2.49. The second-order valence-corrected chi connectivity index (χ2v) is 20.9. The Balaban J connectivity index is 0.774. The molecule has 3 aromatic carbocycles. The molecule has 26 heteroatoms. The van der Waals surface area contributed by atoms with Gasteiger partial charge in [-0.2, -0.15) is 0 Å². The normalized spacial score (nSPS) is 12.8. The Morgan fingerprint density at radius 1 is 0.598 bits per heavy atom. The van der Waals surface area contributed by atoms with E-state index in [1.54, 1.807) is 19.4 Å². The zero-order chi connectivity index (χ0) is 57.9. The molecule has 0 spiro atoms. The van der Waals surface area contributed by atoms with E-state index in [2.05, 4.69) is 24.8 Å². The monoisotopic (exact) mass is 1210 g/mol. The summed E-state index contributed by atoms with van der Waals surface area (Å²) in [5.74, 6) is -0.106. The molecule has 0 unspecified atom stereocenters. The molecule has 1 amide bonds. The van der Waals surface area contributed by atoms with Crippen molar-refractivity contribution >= 4 is 49.8 Å². The van der Waals surface area contributed by atoms with Gasteiger partial charge in [0.1, 0.15) is 33.5 Å². The predicted molar refractivity (Wildman–Crippen MR) is 306 cm³/mol. The van der Waals surface area contributed by atoms with E-state index >= 15 is 4.39 Å². The SMILES string of the molecule is COCCOCCOCCOCCOCCOCCOCCOCCOCCOCCOCCOCCC(=O)N1CCN(c2cc(-c3cc(-c4ccc(C)cc4)ccc3Oc3cc(F)c(S(=O)(=O)Nc4nncs4)cc3Cl)ccn2)CC1. The van der Waals surface area contributed by atoms with E-state index in [0.29, 0.717) is 189 Å². The van der Waals surface area contributed by atoms with Crippen LogP contribution in [0, 0.1) is 12.7 Å². The number of hydrogen-bond acceptors (Lipinski definition) is 21. The molecule has 1 aliphatic heterocycles. The number of carbonyl (C=O) groups excluding carboxylic acids is 1. The summed E-state index contributed by atoms with van der Waals surface area (Å²) in [6.45, 7) is 14.9. The Bertz CT molecular complexity index is 2680. The van der Waals surface area contributed by atoms with Gasteiger partial charge in [-0.15, -0.1) is 10.2 Å². The first-order chi connectivity index (χ1) is 40.1. The topological polar surface area (TPSA) is 228 Å². The summed E-state index contributed by atoms with van der Waals surface area (Å²) < 4.78 is 116. The molecule has 0 bridgehead atoms. The fourth-order valence-corrected chi connectivity index (χ4v) is 9.82. The van der Waals surface area contributed by atoms with E-state index in [9.17, 15) is 13.2 Å². The van der Waals surface area contributed by atoms with Crippen LogP contribution in [0.5, 0.6) is 11.5 Å². The molecular weight excluding hydrogens is 1130 g/mol. The summed E-state index contributed by atoms with van der Waals surface area (Å²) >= 11 is 7.52. The lowest BCUT2D eigenvalue weighted by atomic mass is 9.98. The summed E-state index contributed by atoms with van der Waals surface area (Å²) in [6, 6.07) is 19.4. The van der Waals surface area contributed by atoms with Crippen molar-refractivity contribution in [2.24, 2.45) is 0 Å². The van der Waals surface area contributed by atoms with Gasteiger partial charge in [-0.25, -0.2) is 17.8 Å². The molecule has 0 atom stereocenters. The summed E-state index contributed by atoms with van der Waals surface area (Å²) in [5, 5.41) is 7.13. The highest BCUT2D eigenvalue weighted by Crippen LogP contribution is 2.41. The highest BCUT2D eigenvalue weighted by molar-refractivity contribution is 7.93. The maximum absolute atomic E-state index is 15.6. The van der Waals surface area contributed by atoms with Crippen LogP contribution in [-0.2, 0) is 71.7 Å². The van der Waals surface area contributed by atoms with Crippen LogP contribution in [0.25, 0.3) is 22.3 Å². The lowest BCUT2D eigenvalue weighted by Gasteiger charge is -2.35. The fraction of sp³-hybridized carbons (Fsp3) is 0.536. The Labute approximate surface area is 488 Å². The van der Waals surface area contributed by atoms with Gasteiger partial charge in [0.25, 0.3) is 10.0 Å². The van der Waals surface area contributed by atoms with E-state index in [0.717, 1.165) is 45.7 Å². The van der Waals surface area contributed by atoms with Crippen LogP contribution in [0.3, 0.4) is 0 Å². The number of methoxy groups -OCH3 is 1. The molecule has 5 aromatic rings. The molecule has 2 aromatic heterocycles. The third-order valence-electron chi connectivity index (χ3n) is 12.1. The lowest BCUT2D eigenvalue weighted by molar-refractivity contribution is -0.132. The molecular formula is C56H76ClFN6O16S2. The highest BCUT2D eigenvalue weighted by Gasteiger charge is 2.25. The zero-order valence-corrected chi connectivity index (χ0v) is 49.0. The van der Waals surface area contributed by atoms with Crippen LogP contribution in [-0.4, -0.2) is 220 Å². The Morgan fingerprint density at radius 2 is 1.09 bits per heavy atom. The third-order valence-corrected chi connectivity index (χ3v) is 14.5. The molecule has 0 aliphatic carbocycles. The maximum Gasteiger partial charge on any atom is 0.266 e. The largest absolute Gasteiger partial charge is 0.455 e. The molecule has 1 aliphatic rings. The minimum absolute atomic E-state index is 0.00618. The van der Waals surface area contributed by atoms with Gasteiger partial charge in [-0.1, -0.05) is 58.8 Å². The van der Waals surface area contributed by atoms with Gasteiger partial charge in [0.2, 0.25) is 11.0 Å². The van der Waals surface area contributed by atoms with Crippen LogP contribution in [0.15, 0.2) is 83.3 Å². The van der Waals surface area contributed by atoms with Crippen LogP contribution in [0.1, 0.15) is 12.0 Å². The smallest absolute Gasteiger partial charge is 0.266 e. The molecule has 0 saturated carbocycles. The fourth-order valence-electron chi connectivity index (χ4n) is 7.78. The maximum atomic E-state index is 15.6. The van der Waals surface area contributed by atoms with Gasteiger partial charge in [-0.05, 0) is 53.9 Å². The van der Waals surface area contributed by atoms with E-state index in [1.165, 1.54) is 5.51 Å². The number of amides is 1. The van der Waals surface area contributed by atoms with Crippen LogP contribution in [0.2, 0.25) is 5.02 Å². The van der Waals surface area contributed by atoms with E-state index in [-0.39, 0.29) is 34.8 Å². The Morgan fingerprint density at radius 3 is 1.57 bits per heavy atom. The van der Waals surface area contributed by atoms with Crippen molar-refractivity contribution in [1.29, 1.82) is 0 Å². The van der Waals surface area contributed by atoms with Gasteiger partial charge < -0.3 is 71.4 Å². The number of carbonyl (C=O) groups is 1. The van der Waals surface area contributed by atoms with Gasteiger partial charge in [-0.3, -0.25) is 9.52 Å². The number of sulfonamides is 1. The van der Waals surface area contributed by atoms with Crippen molar-refractivity contribution in [3.05, 3.63) is 94.8 Å². The van der Waals surface area contributed by atoms with Crippen molar-refractivity contribution in [3.63, 3.8) is 0 Å². The first kappa shape index (κ1) is 66.1. The highest BCUT2D eigenvalue weighted by atomic mass is 35.5. The second-order valence-electron chi connectivity index (χ2n) is 18.0. The van der Waals surface area contributed by atoms with Gasteiger partial charge in [0.05, 0.1) is 163 Å². The van der Waals surface area contributed by atoms with Crippen LogP contribution in [0.4, 0.5) is 15.3 Å². The van der Waals surface area contributed by atoms with Gasteiger partial charge >= 0.3 is 0 Å². The molecule has 452 valence electrons. The number of aromatic nitrogens is 3. The van der Waals surface area contributed by atoms with Crippen molar-refractivity contribution in [2.75, 3.05) is 195 Å². The number of ether oxygens (including phenoxy) is 13. The summed E-state index contributed by atoms with van der Waals surface area (Å²) in [4.78, 5) is 21.1. The quantitative estimate of drug-likeness (QED) is 0.0394. The van der Waals surface area contributed by atoms with Crippen LogP contribution >= 0.6 is 22.9 Å². The first-order valence-electron chi connectivity index (χ1n) is 27.1. The van der Waals surface area contributed by atoms with Gasteiger partial charge in [0, 0.05) is 51.1 Å². The number of halogens is 2. The number of nitrogens with zero attached hydrogens (tertiary/aromatic N) is 5. The number of nitrogens with one attached hydrogen (secondary N) is 1. The standard InChI is InChI=1S/C56H76ClFN6O16S2/c1-44-3-5-45(6-4-44)46-7-8-51(80-52-42-50(58)53(41-49(52)57)82(66,67)62-56-61-60-43-81-56)48(39-46)47-9-11-59-54(40-47)63-12-14-64(15-13-63)55(65)10-16-69-19-20-71-23-24-73-27-28-75-31-32-77-35-36-79-38-37-78-34-33-76-30-29-74-26-25-72-22-21-70-18-17-68-2/h3-9,11,39-43H,10,12-38H2,1-2H3,(H,61,62). The second kappa shape index (κ2) is 38.7. The van der Waals surface area contributed by atoms with E-state index in [4.69, 9.17) is 73.2 Å². The van der Waals surface area contributed by atoms with Crippen LogP contribution < -0.4 is 14.4 Å².